The van der Waals surface area contributed by atoms with Crippen LogP contribution in [0.5, 0.6) is 0 Å². The van der Waals surface area contributed by atoms with Gasteiger partial charge in [-0.3, -0.25) is 0 Å². The van der Waals surface area contributed by atoms with E-state index >= 15 is 0 Å². The van der Waals surface area contributed by atoms with Gasteiger partial charge in [-0.15, -0.1) is 0 Å². The Balaban J connectivity index is 1.37. The molecule has 0 radical (unpaired) electrons. The molecule has 8 nitrogen and oxygen atoms in total. The number of fused-ring (bicyclic) bond motifs is 2. The number of epoxide rings is 1. The minimum absolute atomic E-state index is 0.147. The number of ether oxygens (including phenoxy) is 6. The molecular weight excluding hydrogens is 476 g/mol. The van der Waals surface area contributed by atoms with E-state index in [1.54, 1.807) is 12.2 Å². The molecule has 9 atom stereocenters. The van der Waals surface area contributed by atoms with Crippen molar-refractivity contribution in [2.45, 2.75) is 95.8 Å². The van der Waals surface area contributed by atoms with Gasteiger partial charge in [0.05, 0.1) is 30.3 Å². The predicted molar refractivity (Wildman–Crippen MR) is 132 cm³/mol. The lowest BCUT2D eigenvalue weighted by Gasteiger charge is -2.58. The van der Waals surface area contributed by atoms with Crippen molar-refractivity contribution in [3.63, 3.8) is 0 Å². The van der Waals surface area contributed by atoms with Crippen molar-refractivity contribution < 1.29 is 38.0 Å². The fourth-order valence-electron chi connectivity index (χ4n) is 7.32. The minimum atomic E-state index is -0.590. The molecule has 4 heterocycles. The summed E-state index contributed by atoms with van der Waals surface area (Å²) < 4.78 is 36.8. The molecule has 0 amide bonds. The largest absolute Gasteiger partial charge is 0.462 e. The van der Waals surface area contributed by atoms with Crippen LogP contribution in [0.1, 0.15) is 53.4 Å². The van der Waals surface area contributed by atoms with E-state index in [9.17, 15) is 9.59 Å². The lowest BCUT2D eigenvalue weighted by atomic mass is 9.51. The van der Waals surface area contributed by atoms with Crippen molar-refractivity contribution in [1.29, 1.82) is 0 Å². The molecule has 6 aliphatic rings. The Morgan fingerprint density at radius 2 is 1.78 bits per heavy atom. The summed E-state index contributed by atoms with van der Waals surface area (Å²) in [6, 6.07) is 0. The first-order valence-electron chi connectivity index (χ1n) is 13.3. The Morgan fingerprint density at radius 1 is 0.973 bits per heavy atom. The second-order valence-electron chi connectivity index (χ2n) is 11.7. The topological polar surface area (TPSA) is 92.8 Å². The quantitative estimate of drug-likeness (QED) is 0.276. The molecule has 37 heavy (non-hydrogen) atoms. The van der Waals surface area contributed by atoms with E-state index in [4.69, 9.17) is 28.4 Å². The Hall–Kier alpha value is -2.26. The van der Waals surface area contributed by atoms with Gasteiger partial charge in [0.2, 0.25) is 0 Å². The summed E-state index contributed by atoms with van der Waals surface area (Å²) in [5.41, 5.74) is 0.362. The molecule has 1 saturated carbocycles. The van der Waals surface area contributed by atoms with Crippen LogP contribution in [0.3, 0.4) is 0 Å². The van der Waals surface area contributed by atoms with Crippen LogP contribution in [0.2, 0.25) is 0 Å². The summed E-state index contributed by atoms with van der Waals surface area (Å²) in [6.45, 7) is 8.77. The average Bonchev–Trinajstić information content (AvgIpc) is 3.54. The average molecular weight is 513 g/mol. The second kappa shape index (κ2) is 8.90. The van der Waals surface area contributed by atoms with Gasteiger partial charge in [0.25, 0.3) is 0 Å². The Labute approximate surface area is 217 Å². The highest BCUT2D eigenvalue weighted by molar-refractivity contribution is 5.83. The van der Waals surface area contributed by atoms with Crippen molar-refractivity contribution >= 4 is 11.9 Å². The third kappa shape index (κ3) is 3.87. The number of carbonyl (C=O) groups is 2. The van der Waals surface area contributed by atoms with Gasteiger partial charge in [0.15, 0.2) is 6.29 Å². The van der Waals surface area contributed by atoms with Crippen LogP contribution in [-0.2, 0) is 38.0 Å². The summed E-state index contributed by atoms with van der Waals surface area (Å²) in [5, 5.41) is 0. The molecule has 8 heteroatoms. The highest BCUT2D eigenvalue weighted by Gasteiger charge is 2.83. The summed E-state index contributed by atoms with van der Waals surface area (Å²) >= 11 is 0. The molecule has 4 unspecified atom stereocenters. The first-order chi connectivity index (χ1) is 17.7. The van der Waals surface area contributed by atoms with Gasteiger partial charge < -0.3 is 28.4 Å². The van der Waals surface area contributed by atoms with Gasteiger partial charge in [-0.25, -0.2) is 9.59 Å². The Morgan fingerprint density at radius 3 is 2.57 bits per heavy atom. The molecule has 200 valence electrons. The third-order valence-electron chi connectivity index (χ3n) is 9.58. The smallest absolute Gasteiger partial charge is 0.331 e. The van der Waals surface area contributed by atoms with E-state index in [0.29, 0.717) is 19.4 Å². The van der Waals surface area contributed by atoms with E-state index in [-0.39, 0.29) is 31.0 Å². The molecule has 0 N–H and O–H groups in total. The number of allylic oxidation sites excluding steroid dienone is 3. The molecule has 0 aromatic carbocycles. The molecule has 3 saturated heterocycles. The molecule has 0 aromatic rings. The van der Waals surface area contributed by atoms with E-state index in [0.717, 1.165) is 18.4 Å². The molecule has 4 bridgehead atoms. The van der Waals surface area contributed by atoms with Gasteiger partial charge in [0, 0.05) is 30.4 Å². The van der Waals surface area contributed by atoms with E-state index in [1.165, 1.54) is 17.7 Å². The monoisotopic (exact) mass is 512 g/mol. The number of rotatable bonds is 0. The minimum Gasteiger partial charge on any atom is -0.462 e. The third-order valence-corrected chi connectivity index (χ3v) is 9.58. The zero-order valence-electron chi connectivity index (χ0n) is 21.9. The number of esters is 2. The van der Waals surface area contributed by atoms with Crippen LogP contribution in [0.15, 0.2) is 47.6 Å². The van der Waals surface area contributed by atoms with Crippen LogP contribution in [0.4, 0.5) is 0 Å². The fraction of sp³-hybridized carbons (Fsp3) is 0.655. The highest BCUT2D eigenvalue weighted by Crippen LogP contribution is 2.72. The Bertz CT molecular complexity index is 1100. The summed E-state index contributed by atoms with van der Waals surface area (Å²) in [5.74, 6) is -0.828. The maximum Gasteiger partial charge on any atom is 0.331 e. The highest BCUT2D eigenvalue weighted by atomic mass is 16.7. The van der Waals surface area contributed by atoms with Crippen LogP contribution >= 0.6 is 0 Å². The van der Waals surface area contributed by atoms with Crippen molar-refractivity contribution in [3.8, 4) is 0 Å². The standard InChI is InChI=1S/C29H36O8/c1-17-9-10-28-15-32-25(31)12-18(2)13-26-34-19(3)20(35-26)7-5-6-8-24(30)37-21-14-23(36-22(28)11-17)29(16-33-29)27(21,28)4/h5-8,11-12,19-23,26H,9-10,13-16H2,1-4H3/b7-5-,8-6-,18-12-/t19?,20?,21-,22-,23-,26?,27-,28?,29+/m1/s1. The SMILES string of the molecule is CC1=C[C@H]2O[C@@H]3C[C@H]4OC(=O)/C=C\C=C/C5OC(C/C(C)=C\C(=O)OCC2(CC1)[C@]4(C)[C@]31CO1)OC5C. The first-order valence-corrected chi connectivity index (χ1v) is 13.3. The van der Waals surface area contributed by atoms with Crippen LogP contribution in [0, 0.1) is 10.8 Å². The molecule has 4 fully saturated rings. The zero-order valence-corrected chi connectivity index (χ0v) is 21.9. The van der Waals surface area contributed by atoms with Crippen molar-refractivity contribution in [2.75, 3.05) is 13.2 Å². The lowest BCUT2D eigenvalue weighted by molar-refractivity contribution is -0.232. The number of cyclic esters (lactones) is 1. The summed E-state index contributed by atoms with van der Waals surface area (Å²) in [4.78, 5) is 26.0. The van der Waals surface area contributed by atoms with Gasteiger partial charge in [-0.2, -0.15) is 0 Å². The van der Waals surface area contributed by atoms with E-state index < -0.39 is 40.8 Å². The fourth-order valence-corrected chi connectivity index (χ4v) is 7.32. The van der Waals surface area contributed by atoms with Crippen LogP contribution < -0.4 is 0 Å². The van der Waals surface area contributed by atoms with Gasteiger partial charge in [0.1, 0.15) is 24.4 Å². The Kier molecular flexibility index (Phi) is 6.02. The summed E-state index contributed by atoms with van der Waals surface area (Å²) in [7, 11) is 0. The molecule has 6 rings (SSSR count). The maximum atomic E-state index is 13.0. The van der Waals surface area contributed by atoms with Gasteiger partial charge >= 0.3 is 11.9 Å². The van der Waals surface area contributed by atoms with Crippen molar-refractivity contribution in [1.82, 2.24) is 0 Å². The van der Waals surface area contributed by atoms with Crippen LogP contribution in [-0.4, -0.2) is 67.6 Å². The lowest BCUT2D eigenvalue weighted by Crippen LogP contribution is -2.66. The van der Waals surface area contributed by atoms with Crippen LogP contribution in [0.25, 0.3) is 0 Å². The van der Waals surface area contributed by atoms with Crippen molar-refractivity contribution in [3.05, 3.63) is 47.6 Å². The number of hydrogen-bond donors (Lipinski definition) is 0. The van der Waals surface area contributed by atoms with Gasteiger partial charge in [-0.05, 0) is 33.6 Å². The van der Waals surface area contributed by atoms with Gasteiger partial charge in [-0.1, -0.05) is 42.4 Å². The second-order valence-corrected chi connectivity index (χ2v) is 11.7. The predicted octanol–water partition coefficient (Wildman–Crippen LogP) is 3.71. The molecular formula is C29H36O8. The number of carbonyl (C=O) groups excluding carboxylic acids is 2. The molecule has 2 spiro atoms. The first kappa shape index (κ1) is 25.0. The normalized spacial score (nSPS) is 50.5. The van der Waals surface area contributed by atoms with E-state index in [2.05, 4.69) is 19.9 Å². The zero-order chi connectivity index (χ0) is 26.0. The summed E-state index contributed by atoms with van der Waals surface area (Å²) in [6.07, 6.45) is 11.3. The maximum absolute atomic E-state index is 13.0. The molecule has 2 aliphatic carbocycles. The van der Waals surface area contributed by atoms with Crippen molar-refractivity contribution in [2.24, 2.45) is 10.8 Å². The molecule has 0 aromatic heterocycles. The van der Waals surface area contributed by atoms with E-state index in [1.807, 2.05) is 19.9 Å². The number of hydrogen-bond acceptors (Lipinski definition) is 8. The molecule has 4 aliphatic heterocycles.